The molecule has 1 atom stereocenters. The van der Waals surface area contributed by atoms with Gasteiger partial charge in [0, 0.05) is 16.0 Å². The Morgan fingerprint density at radius 1 is 1.08 bits per heavy atom. The summed E-state index contributed by atoms with van der Waals surface area (Å²) in [5.74, 6) is 0.0557. The maximum absolute atomic E-state index is 6.38. The number of halogens is 2. The molecule has 1 aromatic heterocycles. The van der Waals surface area contributed by atoms with E-state index in [4.69, 9.17) is 27.9 Å². The van der Waals surface area contributed by atoms with Gasteiger partial charge in [-0.25, -0.2) is 4.98 Å². The topological polar surface area (TPSA) is 39.9 Å². The van der Waals surface area contributed by atoms with Gasteiger partial charge in [0.15, 0.2) is 0 Å². The van der Waals surface area contributed by atoms with E-state index >= 15 is 0 Å². The van der Waals surface area contributed by atoms with Crippen molar-refractivity contribution in [2.45, 2.75) is 19.1 Å². The highest BCUT2D eigenvalue weighted by molar-refractivity contribution is 6.35. The molecule has 0 radical (unpaired) electrons. The van der Waals surface area contributed by atoms with E-state index in [1.54, 1.807) is 17.1 Å². The van der Waals surface area contributed by atoms with E-state index in [1.165, 1.54) is 6.33 Å². The van der Waals surface area contributed by atoms with Crippen molar-refractivity contribution in [1.29, 1.82) is 0 Å². The molecule has 0 fully saturated rings. The fraction of sp³-hybridized carbons (Fsp3) is 0.222. The summed E-state index contributed by atoms with van der Waals surface area (Å²) >= 11 is 12.4. The second-order valence-electron chi connectivity index (χ2n) is 5.48. The van der Waals surface area contributed by atoms with Crippen LogP contribution in [0, 0.1) is 0 Å². The Hall–Kier alpha value is -1.88. The molecule has 0 amide bonds. The van der Waals surface area contributed by atoms with E-state index in [1.807, 2.05) is 42.5 Å². The summed E-state index contributed by atoms with van der Waals surface area (Å²) in [4.78, 5) is 3.99. The Labute approximate surface area is 151 Å². The van der Waals surface area contributed by atoms with Crippen molar-refractivity contribution in [3.63, 3.8) is 0 Å². The first-order valence-electron chi connectivity index (χ1n) is 7.61. The summed E-state index contributed by atoms with van der Waals surface area (Å²) in [5, 5.41) is 5.43. The van der Waals surface area contributed by atoms with Gasteiger partial charge in [-0.2, -0.15) is 5.10 Å². The second kappa shape index (κ2) is 8.29. The predicted molar refractivity (Wildman–Crippen MR) is 95.3 cm³/mol. The van der Waals surface area contributed by atoms with Crippen LogP contribution in [0.15, 0.2) is 61.2 Å². The van der Waals surface area contributed by atoms with E-state index in [-0.39, 0.29) is 5.92 Å². The van der Waals surface area contributed by atoms with Crippen LogP contribution in [0.25, 0.3) is 0 Å². The van der Waals surface area contributed by atoms with Crippen molar-refractivity contribution >= 4 is 23.2 Å². The molecule has 2 aromatic carbocycles. The van der Waals surface area contributed by atoms with Gasteiger partial charge in [0.25, 0.3) is 0 Å². The molecule has 124 valence electrons. The number of benzene rings is 2. The number of aromatic nitrogens is 3. The zero-order valence-electron chi connectivity index (χ0n) is 13.0. The van der Waals surface area contributed by atoms with Crippen LogP contribution in [0.1, 0.15) is 17.0 Å². The largest absolute Gasteiger partial charge is 0.376 e. The van der Waals surface area contributed by atoms with Crippen LogP contribution < -0.4 is 0 Å². The fourth-order valence-corrected chi connectivity index (χ4v) is 3.08. The van der Waals surface area contributed by atoms with Crippen molar-refractivity contribution in [2.24, 2.45) is 0 Å². The van der Waals surface area contributed by atoms with Gasteiger partial charge in [0.2, 0.25) is 0 Å². The molecular weight excluding hydrogens is 345 g/mol. The molecule has 3 rings (SSSR count). The minimum atomic E-state index is 0.0557. The van der Waals surface area contributed by atoms with Gasteiger partial charge in [-0.3, -0.25) is 4.68 Å². The molecular formula is C18H17Cl2N3O. The lowest BCUT2D eigenvalue weighted by molar-refractivity contribution is 0.101. The molecule has 0 spiro atoms. The molecule has 0 N–H and O–H groups in total. The quantitative estimate of drug-likeness (QED) is 0.617. The first kappa shape index (κ1) is 17.0. The third-order valence-corrected chi connectivity index (χ3v) is 4.27. The van der Waals surface area contributed by atoms with Gasteiger partial charge < -0.3 is 4.74 Å². The highest BCUT2D eigenvalue weighted by Crippen LogP contribution is 2.29. The van der Waals surface area contributed by atoms with Gasteiger partial charge >= 0.3 is 0 Å². The van der Waals surface area contributed by atoms with Crippen LogP contribution in [-0.2, 0) is 17.9 Å². The standard InChI is InChI=1S/C18H17Cl2N3O/c19-16-6-7-17(18(20)8-16)15(9-23-13-21-12-22-23)11-24-10-14-4-2-1-3-5-14/h1-8,12-13,15H,9-11H2. The van der Waals surface area contributed by atoms with E-state index in [9.17, 15) is 0 Å². The smallest absolute Gasteiger partial charge is 0.137 e. The number of hydrogen-bond acceptors (Lipinski definition) is 3. The SMILES string of the molecule is Clc1ccc(C(COCc2ccccc2)Cn2cncn2)c(Cl)c1. The average Bonchev–Trinajstić information content (AvgIpc) is 3.08. The summed E-state index contributed by atoms with van der Waals surface area (Å²) < 4.78 is 7.70. The van der Waals surface area contributed by atoms with Gasteiger partial charge in [-0.15, -0.1) is 0 Å². The Kier molecular flexibility index (Phi) is 5.86. The molecule has 1 unspecified atom stereocenters. The highest BCUT2D eigenvalue weighted by atomic mass is 35.5. The molecule has 1 heterocycles. The summed E-state index contributed by atoms with van der Waals surface area (Å²) in [7, 11) is 0. The third kappa shape index (κ3) is 4.57. The van der Waals surface area contributed by atoms with Gasteiger partial charge in [-0.05, 0) is 23.3 Å². The lowest BCUT2D eigenvalue weighted by atomic mass is 10.00. The average molecular weight is 362 g/mol. The van der Waals surface area contributed by atoms with Crippen molar-refractivity contribution in [3.05, 3.63) is 82.4 Å². The molecule has 6 heteroatoms. The molecule has 0 aliphatic carbocycles. The van der Waals surface area contributed by atoms with Crippen LogP contribution in [0.3, 0.4) is 0 Å². The zero-order valence-corrected chi connectivity index (χ0v) is 14.5. The number of rotatable bonds is 7. The monoisotopic (exact) mass is 361 g/mol. The predicted octanol–water partition coefficient (Wildman–Crippen LogP) is 4.59. The minimum Gasteiger partial charge on any atom is -0.376 e. The lowest BCUT2D eigenvalue weighted by Gasteiger charge is -2.19. The van der Waals surface area contributed by atoms with E-state index < -0.39 is 0 Å². The summed E-state index contributed by atoms with van der Waals surface area (Å²) in [6, 6.07) is 15.6. The van der Waals surface area contributed by atoms with Gasteiger partial charge in [0.05, 0.1) is 19.8 Å². The minimum absolute atomic E-state index is 0.0557. The van der Waals surface area contributed by atoms with Crippen LogP contribution in [-0.4, -0.2) is 21.4 Å². The maximum Gasteiger partial charge on any atom is 0.137 e. The van der Waals surface area contributed by atoms with E-state index in [0.29, 0.717) is 29.8 Å². The zero-order chi connectivity index (χ0) is 16.8. The molecule has 0 saturated heterocycles. The first-order chi connectivity index (χ1) is 11.7. The normalized spacial score (nSPS) is 12.2. The van der Waals surface area contributed by atoms with Crippen LogP contribution in [0.5, 0.6) is 0 Å². The number of hydrogen-bond donors (Lipinski definition) is 0. The third-order valence-electron chi connectivity index (χ3n) is 3.71. The molecule has 0 aliphatic rings. The molecule has 0 saturated carbocycles. The Balaban J connectivity index is 1.72. The molecule has 4 nitrogen and oxygen atoms in total. The number of ether oxygens (including phenoxy) is 1. The van der Waals surface area contributed by atoms with Gasteiger partial charge in [-0.1, -0.05) is 59.6 Å². The first-order valence-corrected chi connectivity index (χ1v) is 8.37. The molecule has 0 bridgehead atoms. The van der Waals surface area contributed by atoms with Gasteiger partial charge in [0.1, 0.15) is 12.7 Å². The molecule has 3 aromatic rings. The molecule has 0 aliphatic heterocycles. The van der Waals surface area contributed by atoms with Crippen molar-refractivity contribution in [2.75, 3.05) is 6.61 Å². The van der Waals surface area contributed by atoms with E-state index in [0.717, 1.165) is 11.1 Å². The summed E-state index contributed by atoms with van der Waals surface area (Å²) in [6.07, 6.45) is 3.21. The van der Waals surface area contributed by atoms with E-state index in [2.05, 4.69) is 10.1 Å². The second-order valence-corrected chi connectivity index (χ2v) is 6.32. The van der Waals surface area contributed by atoms with Crippen molar-refractivity contribution < 1.29 is 4.74 Å². The number of nitrogens with zero attached hydrogens (tertiary/aromatic N) is 3. The van der Waals surface area contributed by atoms with Crippen molar-refractivity contribution in [3.8, 4) is 0 Å². The Morgan fingerprint density at radius 3 is 2.62 bits per heavy atom. The summed E-state index contributed by atoms with van der Waals surface area (Å²) in [5.41, 5.74) is 2.13. The fourth-order valence-electron chi connectivity index (χ4n) is 2.52. The molecule has 24 heavy (non-hydrogen) atoms. The Bertz CT molecular complexity index is 763. The van der Waals surface area contributed by atoms with Crippen LogP contribution >= 0.6 is 23.2 Å². The highest BCUT2D eigenvalue weighted by Gasteiger charge is 2.17. The van der Waals surface area contributed by atoms with Crippen LogP contribution in [0.4, 0.5) is 0 Å². The maximum atomic E-state index is 6.38. The lowest BCUT2D eigenvalue weighted by Crippen LogP contribution is -2.16. The van der Waals surface area contributed by atoms with Crippen LogP contribution in [0.2, 0.25) is 10.0 Å². The Morgan fingerprint density at radius 2 is 1.92 bits per heavy atom. The van der Waals surface area contributed by atoms with Crippen molar-refractivity contribution in [1.82, 2.24) is 14.8 Å². The summed E-state index contributed by atoms with van der Waals surface area (Å²) in [6.45, 7) is 1.71.